The largest absolute Gasteiger partial charge is 0.324 e. The first-order valence-corrected chi connectivity index (χ1v) is 9.03. The zero-order chi connectivity index (χ0) is 20.7. The van der Waals surface area contributed by atoms with Crippen molar-refractivity contribution in [2.45, 2.75) is 25.9 Å². The Labute approximate surface area is 166 Å². The first-order valence-electron chi connectivity index (χ1n) is 9.03. The Morgan fingerprint density at radius 2 is 1.72 bits per heavy atom. The number of fused-ring (bicyclic) bond motifs is 1. The summed E-state index contributed by atoms with van der Waals surface area (Å²) in [6, 6.07) is 8.69. The van der Waals surface area contributed by atoms with Crippen molar-refractivity contribution in [2.24, 2.45) is 10.3 Å². The lowest BCUT2D eigenvalue weighted by Gasteiger charge is -2.20. The molecule has 0 spiro atoms. The van der Waals surface area contributed by atoms with Gasteiger partial charge in [-0.2, -0.15) is 5.11 Å². The van der Waals surface area contributed by atoms with Gasteiger partial charge in [-0.25, -0.2) is 9.29 Å². The number of benzene rings is 2. The molecule has 2 aliphatic heterocycles. The third-order valence-electron chi connectivity index (χ3n) is 4.99. The molecule has 148 valence electrons. The molecule has 0 saturated carbocycles. The number of hydrogen-bond acceptors (Lipinski definition) is 6. The van der Waals surface area contributed by atoms with E-state index in [-0.39, 0.29) is 18.1 Å². The average Bonchev–Trinajstić information content (AvgIpc) is 3.19. The summed E-state index contributed by atoms with van der Waals surface area (Å²) in [7, 11) is 0. The standard InChI is InChI=1S/C20H18FN5O3/c1-11-4-3-5-12(2)16(11)22-15(27)10-25-18-17(23-24-25)19(28)26(20(18)29)14-8-6-13(21)7-9-14/h3-9,17-18H,10H2,1-2H3,(H,22,27)/t17-,18-/m0/s1. The fourth-order valence-corrected chi connectivity index (χ4v) is 3.54. The molecule has 0 radical (unpaired) electrons. The number of anilines is 2. The van der Waals surface area contributed by atoms with Gasteiger partial charge in [-0.15, -0.1) is 0 Å². The number of para-hydroxylation sites is 1. The van der Waals surface area contributed by atoms with Crippen LogP contribution in [0.25, 0.3) is 0 Å². The quantitative estimate of drug-likeness (QED) is 0.804. The van der Waals surface area contributed by atoms with Crippen LogP contribution in [0.1, 0.15) is 11.1 Å². The fourth-order valence-electron chi connectivity index (χ4n) is 3.54. The number of hydrogen-bond donors (Lipinski definition) is 1. The van der Waals surface area contributed by atoms with E-state index in [2.05, 4.69) is 15.7 Å². The van der Waals surface area contributed by atoms with Crippen molar-refractivity contribution in [3.63, 3.8) is 0 Å². The number of imide groups is 1. The van der Waals surface area contributed by atoms with E-state index in [0.717, 1.165) is 16.0 Å². The summed E-state index contributed by atoms with van der Waals surface area (Å²) in [4.78, 5) is 39.0. The molecule has 2 aromatic rings. The first kappa shape index (κ1) is 18.7. The molecule has 2 aromatic carbocycles. The average molecular weight is 395 g/mol. The maximum atomic E-state index is 13.2. The maximum Gasteiger partial charge on any atom is 0.263 e. The smallest absolute Gasteiger partial charge is 0.263 e. The number of aryl methyl sites for hydroxylation is 2. The lowest BCUT2D eigenvalue weighted by molar-refractivity contribution is -0.123. The number of halogens is 1. The summed E-state index contributed by atoms with van der Waals surface area (Å²) < 4.78 is 13.2. The Bertz CT molecular complexity index is 1020. The van der Waals surface area contributed by atoms with E-state index in [1.54, 1.807) is 0 Å². The van der Waals surface area contributed by atoms with Gasteiger partial charge in [0.15, 0.2) is 12.1 Å². The summed E-state index contributed by atoms with van der Waals surface area (Å²) in [5, 5.41) is 11.8. The highest BCUT2D eigenvalue weighted by molar-refractivity contribution is 6.25. The predicted octanol–water partition coefficient (Wildman–Crippen LogP) is 2.37. The van der Waals surface area contributed by atoms with Crippen LogP contribution < -0.4 is 10.2 Å². The van der Waals surface area contributed by atoms with E-state index >= 15 is 0 Å². The number of carbonyl (C=O) groups is 3. The van der Waals surface area contributed by atoms with Gasteiger partial charge in [-0.3, -0.25) is 19.4 Å². The molecule has 1 saturated heterocycles. The predicted molar refractivity (Wildman–Crippen MR) is 103 cm³/mol. The minimum atomic E-state index is -1.01. The number of rotatable bonds is 4. The molecule has 2 heterocycles. The molecule has 0 aromatic heterocycles. The van der Waals surface area contributed by atoms with Crippen LogP contribution in [0.3, 0.4) is 0 Å². The van der Waals surface area contributed by atoms with Gasteiger partial charge in [-0.05, 0) is 49.2 Å². The summed E-state index contributed by atoms with van der Waals surface area (Å²) in [5.74, 6) is -1.94. The number of amides is 3. The second-order valence-corrected chi connectivity index (χ2v) is 7.00. The number of nitrogens with zero attached hydrogens (tertiary/aromatic N) is 4. The van der Waals surface area contributed by atoms with E-state index in [1.807, 2.05) is 32.0 Å². The third kappa shape index (κ3) is 3.24. The Morgan fingerprint density at radius 1 is 1.07 bits per heavy atom. The van der Waals surface area contributed by atoms with Crippen LogP contribution in [0.15, 0.2) is 52.8 Å². The van der Waals surface area contributed by atoms with E-state index in [9.17, 15) is 18.8 Å². The molecule has 2 aliphatic rings. The Hall–Kier alpha value is -3.62. The first-order chi connectivity index (χ1) is 13.9. The Kier molecular flexibility index (Phi) is 4.57. The maximum absolute atomic E-state index is 13.2. The second kappa shape index (κ2) is 7.08. The van der Waals surface area contributed by atoms with Crippen LogP contribution in [-0.4, -0.2) is 41.4 Å². The molecule has 9 heteroatoms. The lowest BCUT2D eigenvalue weighted by Crippen LogP contribution is -2.43. The topological polar surface area (TPSA) is 94.4 Å². The van der Waals surface area contributed by atoms with Gasteiger partial charge in [0.2, 0.25) is 5.91 Å². The zero-order valence-electron chi connectivity index (χ0n) is 15.8. The lowest BCUT2D eigenvalue weighted by atomic mass is 10.1. The molecular weight excluding hydrogens is 377 g/mol. The van der Waals surface area contributed by atoms with Gasteiger partial charge in [0.05, 0.1) is 5.69 Å². The summed E-state index contributed by atoms with van der Waals surface area (Å²) in [6.07, 6.45) is 0. The molecular formula is C20H18FN5O3. The van der Waals surface area contributed by atoms with Gasteiger partial charge in [0.1, 0.15) is 12.4 Å². The van der Waals surface area contributed by atoms with Crippen molar-refractivity contribution >= 4 is 29.1 Å². The van der Waals surface area contributed by atoms with Crippen LogP contribution in [0.4, 0.5) is 15.8 Å². The van der Waals surface area contributed by atoms with Gasteiger partial charge < -0.3 is 5.32 Å². The van der Waals surface area contributed by atoms with E-state index in [0.29, 0.717) is 5.69 Å². The molecule has 2 atom stereocenters. The molecule has 3 amide bonds. The normalized spacial score (nSPS) is 20.4. The van der Waals surface area contributed by atoms with Crippen LogP contribution in [-0.2, 0) is 14.4 Å². The number of carbonyl (C=O) groups excluding carboxylic acids is 3. The molecule has 1 fully saturated rings. The van der Waals surface area contributed by atoms with Crippen LogP contribution in [0.5, 0.6) is 0 Å². The number of nitrogens with one attached hydrogen (secondary N) is 1. The molecule has 0 aliphatic carbocycles. The van der Waals surface area contributed by atoms with E-state index in [1.165, 1.54) is 29.3 Å². The van der Waals surface area contributed by atoms with Crippen molar-refractivity contribution in [2.75, 3.05) is 16.8 Å². The summed E-state index contributed by atoms with van der Waals surface area (Å²) in [5.41, 5.74) is 2.78. The van der Waals surface area contributed by atoms with Gasteiger partial charge in [0, 0.05) is 5.69 Å². The van der Waals surface area contributed by atoms with Gasteiger partial charge in [0.25, 0.3) is 11.8 Å². The van der Waals surface area contributed by atoms with Gasteiger partial charge >= 0.3 is 0 Å². The summed E-state index contributed by atoms with van der Waals surface area (Å²) >= 11 is 0. The second-order valence-electron chi connectivity index (χ2n) is 7.00. The van der Waals surface area contributed by atoms with Gasteiger partial charge in [-0.1, -0.05) is 23.4 Å². The molecule has 1 N–H and O–H groups in total. The van der Waals surface area contributed by atoms with E-state index < -0.39 is 29.7 Å². The van der Waals surface area contributed by atoms with Crippen molar-refractivity contribution in [3.05, 3.63) is 59.4 Å². The monoisotopic (exact) mass is 395 g/mol. The Morgan fingerprint density at radius 3 is 2.38 bits per heavy atom. The molecule has 0 unspecified atom stereocenters. The molecule has 29 heavy (non-hydrogen) atoms. The highest BCUT2D eigenvalue weighted by Crippen LogP contribution is 2.32. The van der Waals surface area contributed by atoms with Crippen molar-refractivity contribution in [3.8, 4) is 0 Å². The zero-order valence-corrected chi connectivity index (χ0v) is 15.8. The van der Waals surface area contributed by atoms with E-state index in [4.69, 9.17) is 0 Å². The molecule has 0 bridgehead atoms. The fraction of sp³-hybridized carbons (Fsp3) is 0.250. The van der Waals surface area contributed by atoms with Crippen LogP contribution >= 0.6 is 0 Å². The minimum Gasteiger partial charge on any atom is -0.324 e. The summed E-state index contributed by atoms with van der Waals surface area (Å²) in [6.45, 7) is 3.54. The Balaban J connectivity index is 1.50. The third-order valence-corrected chi connectivity index (χ3v) is 4.99. The highest BCUT2D eigenvalue weighted by atomic mass is 19.1. The van der Waals surface area contributed by atoms with Crippen LogP contribution in [0.2, 0.25) is 0 Å². The highest BCUT2D eigenvalue weighted by Gasteiger charge is 2.55. The van der Waals surface area contributed by atoms with Crippen molar-refractivity contribution in [1.29, 1.82) is 0 Å². The molecule has 8 nitrogen and oxygen atoms in total. The van der Waals surface area contributed by atoms with Crippen molar-refractivity contribution < 1.29 is 18.8 Å². The van der Waals surface area contributed by atoms with Crippen LogP contribution in [0, 0.1) is 19.7 Å². The van der Waals surface area contributed by atoms with Crippen molar-refractivity contribution in [1.82, 2.24) is 5.01 Å². The minimum absolute atomic E-state index is 0.227. The molecule has 4 rings (SSSR count). The SMILES string of the molecule is Cc1cccc(C)c1NC(=O)CN1N=N[C@@H]2C(=O)N(c3ccc(F)cc3)C(=O)[C@H]21.